The highest BCUT2D eigenvalue weighted by Crippen LogP contribution is 2.51. The molecule has 0 unspecified atom stereocenters. The fourth-order valence-electron chi connectivity index (χ4n) is 3.26. The van der Waals surface area contributed by atoms with Crippen LogP contribution in [0.2, 0.25) is 10.0 Å². The zero-order valence-electron chi connectivity index (χ0n) is 12.1. The first-order valence-corrected chi connectivity index (χ1v) is 8.26. The van der Waals surface area contributed by atoms with Gasteiger partial charge in [0.05, 0.1) is 5.92 Å². The normalized spacial score (nSPS) is 27.5. The van der Waals surface area contributed by atoms with Gasteiger partial charge in [0.25, 0.3) is 0 Å². The molecule has 0 aromatic heterocycles. The van der Waals surface area contributed by atoms with Gasteiger partial charge in [0, 0.05) is 29.1 Å². The van der Waals surface area contributed by atoms with Crippen molar-refractivity contribution in [1.82, 2.24) is 4.90 Å². The number of hydrogen-bond donors (Lipinski definition) is 1. The van der Waals surface area contributed by atoms with Gasteiger partial charge in [-0.2, -0.15) is 0 Å². The molecule has 0 spiro atoms. The Bertz CT molecular complexity index is 620. The van der Waals surface area contributed by atoms with Gasteiger partial charge in [-0.15, -0.1) is 0 Å². The SMILES string of the molecule is NC(=O)[C@H]1CCCN(C(=O)[C@H]2C[C@H]2c2ccc(Cl)cc2Cl)C1. The highest BCUT2D eigenvalue weighted by molar-refractivity contribution is 6.35. The third kappa shape index (κ3) is 3.08. The van der Waals surface area contributed by atoms with Crippen LogP contribution >= 0.6 is 23.2 Å². The summed E-state index contributed by atoms with van der Waals surface area (Å²) in [4.78, 5) is 25.7. The van der Waals surface area contributed by atoms with Crippen LogP contribution in [0.25, 0.3) is 0 Å². The lowest BCUT2D eigenvalue weighted by Crippen LogP contribution is -2.44. The Labute approximate surface area is 139 Å². The van der Waals surface area contributed by atoms with Crippen LogP contribution in [0.5, 0.6) is 0 Å². The van der Waals surface area contributed by atoms with Gasteiger partial charge in [-0.25, -0.2) is 0 Å². The van der Waals surface area contributed by atoms with E-state index in [9.17, 15) is 9.59 Å². The quantitative estimate of drug-likeness (QED) is 0.919. The number of hydrogen-bond acceptors (Lipinski definition) is 2. The summed E-state index contributed by atoms with van der Waals surface area (Å²) < 4.78 is 0. The molecule has 1 saturated heterocycles. The molecule has 2 aliphatic rings. The second kappa shape index (κ2) is 6.09. The van der Waals surface area contributed by atoms with Crippen LogP contribution in [0.1, 0.15) is 30.7 Å². The van der Waals surface area contributed by atoms with Gasteiger partial charge in [-0.3, -0.25) is 9.59 Å². The van der Waals surface area contributed by atoms with Gasteiger partial charge in [0.2, 0.25) is 11.8 Å². The lowest BCUT2D eigenvalue weighted by molar-refractivity contribution is -0.136. The van der Waals surface area contributed by atoms with Crippen molar-refractivity contribution in [2.45, 2.75) is 25.2 Å². The molecule has 3 atom stereocenters. The van der Waals surface area contributed by atoms with E-state index in [0.29, 0.717) is 23.1 Å². The van der Waals surface area contributed by atoms with Gasteiger partial charge < -0.3 is 10.6 Å². The standard InChI is InChI=1S/C16H18Cl2N2O2/c17-10-3-4-11(14(18)6-10)12-7-13(12)16(22)20-5-1-2-9(8-20)15(19)21/h3-4,6,9,12-13H,1-2,5,7-8H2,(H2,19,21)/t9-,12-,13-/m0/s1. The first-order chi connectivity index (χ1) is 10.5. The summed E-state index contributed by atoms with van der Waals surface area (Å²) in [6.45, 7) is 1.16. The van der Waals surface area contributed by atoms with E-state index in [1.807, 2.05) is 6.07 Å². The second-order valence-corrected chi connectivity index (χ2v) is 6.98. The van der Waals surface area contributed by atoms with Gasteiger partial charge in [0.1, 0.15) is 0 Å². The molecule has 1 aliphatic carbocycles. The molecule has 2 amide bonds. The molecule has 6 heteroatoms. The highest BCUT2D eigenvalue weighted by Gasteiger charge is 2.47. The Hall–Kier alpha value is -1.26. The number of halogens is 2. The van der Waals surface area contributed by atoms with Crippen molar-refractivity contribution < 1.29 is 9.59 Å². The Morgan fingerprint density at radius 3 is 2.73 bits per heavy atom. The van der Waals surface area contributed by atoms with Crippen LogP contribution < -0.4 is 5.73 Å². The Kier molecular flexibility index (Phi) is 4.33. The molecule has 1 saturated carbocycles. The Morgan fingerprint density at radius 1 is 1.27 bits per heavy atom. The molecular formula is C16H18Cl2N2O2. The van der Waals surface area contributed by atoms with Crippen LogP contribution in [0, 0.1) is 11.8 Å². The number of likely N-dealkylation sites (tertiary alicyclic amines) is 1. The minimum absolute atomic E-state index is 0.0368. The van der Waals surface area contributed by atoms with Crippen LogP contribution in [0.4, 0.5) is 0 Å². The Balaban J connectivity index is 1.66. The van der Waals surface area contributed by atoms with E-state index >= 15 is 0 Å². The van der Waals surface area contributed by atoms with E-state index in [0.717, 1.165) is 24.8 Å². The van der Waals surface area contributed by atoms with E-state index in [2.05, 4.69) is 0 Å². The predicted molar refractivity (Wildman–Crippen MR) is 85.8 cm³/mol. The van der Waals surface area contributed by atoms with Gasteiger partial charge in [-0.05, 0) is 42.9 Å². The van der Waals surface area contributed by atoms with Crippen molar-refractivity contribution in [1.29, 1.82) is 0 Å². The maximum atomic E-state index is 12.6. The maximum Gasteiger partial charge on any atom is 0.226 e. The van der Waals surface area contributed by atoms with Crippen molar-refractivity contribution >= 4 is 35.0 Å². The van der Waals surface area contributed by atoms with Crippen molar-refractivity contribution in [3.05, 3.63) is 33.8 Å². The minimum Gasteiger partial charge on any atom is -0.369 e. The average Bonchev–Trinajstić information content (AvgIpc) is 3.27. The zero-order chi connectivity index (χ0) is 15.9. The fourth-order valence-corrected chi connectivity index (χ4v) is 3.81. The number of nitrogens with zero attached hydrogens (tertiary/aromatic N) is 1. The molecule has 2 fully saturated rings. The van der Waals surface area contributed by atoms with Crippen LogP contribution in [-0.4, -0.2) is 29.8 Å². The number of carbonyl (C=O) groups is 2. The third-order valence-corrected chi connectivity index (χ3v) is 5.17. The number of nitrogens with two attached hydrogens (primary N) is 1. The van der Waals surface area contributed by atoms with E-state index in [4.69, 9.17) is 28.9 Å². The van der Waals surface area contributed by atoms with Gasteiger partial charge in [-0.1, -0.05) is 29.3 Å². The number of piperidine rings is 1. The smallest absolute Gasteiger partial charge is 0.226 e. The molecule has 1 heterocycles. The molecule has 1 aromatic carbocycles. The van der Waals surface area contributed by atoms with Crippen molar-refractivity contribution in [3.63, 3.8) is 0 Å². The molecule has 4 nitrogen and oxygen atoms in total. The molecule has 0 radical (unpaired) electrons. The molecule has 2 N–H and O–H groups in total. The fraction of sp³-hybridized carbons (Fsp3) is 0.500. The summed E-state index contributed by atoms with van der Waals surface area (Å²) in [6, 6.07) is 5.40. The summed E-state index contributed by atoms with van der Waals surface area (Å²) >= 11 is 12.1. The number of carbonyl (C=O) groups excluding carboxylic acids is 2. The molecule has 1 aliphatic heterocycles. The van der Waals surface area contributed by atoms with Gasteiger partial charge >= 0.3 is 0 Å². The lowest BCUT2D eigenvalue weighted by Gasteiger charge is -2.31. The minimum atomic E-state index is -0.314. The zero-order valence-corrected chi connectivity index (χ0v) is 13.6. The van der Waals surface area contributed by atoms with E-state index in [-0.39, 0.29) is 29.6 Å². The first kappa shape index (κ1) is 15.6. The number of benzene rings is 1. The largest absolute Gasteiger partial charge is 0.369 e. The van der Waals surface area contributed by atoms with Gasteiger partial charge in [0.15, 0.2) is 0 Å². The lowest BCUT2D eigenvalue weighted by atomic mass is 9.97. The molecule has 0 bridgehead atoms. The molecule has 1 aromatic rings. The molecule has 118 valence electrons. The monoisotopic (exact) mass is 340 g/mol. The average molecular weight is 341 g/mol. The van der Waals surface area contributed by atoms with Crippen LogP contribution in [-0.2, 0) is 9.59 Å². The summed E-state index contributed by atoms with van der Waals surface area (Å²) in [5.74, 6) is -0.293. The summed E-state index contributed by atoms with van der Waals surface area (Å²) in [5, 5.41) is 1.21. The molecule has 22 heavy (non-hydrogen) atoms. The first-order valence-electron chi connectivity index (χ1n) is 7.50. The van der Waals surface area contributed by atoms with Crippen LogP contribution in [0.3, 0.4) is 0 Å². The van der Waals surface area contributed by atoms with Crippen molar-refractivity contribution in [2.75, 3.05) is 13.1 Å². The number of amides is 2. The number of rotatable bonds is 3. The predicted octanol–water partition coefficient (Wildman–Crippen LogP) is 2.82. The topological polar surface area (TPSA) is 63.4 Å². The van der Waals surface area contributed by atoms with Crippen LogP contribution in [0.15, 0.2) is 18.2 Å². The molecular weight excluding hydrogens is 323 g/mol. The highest BCUT2D eigenvalue weighted by atomic mass is 35.5. The van der Waals surface area contributed by atoms with Crippen molar-refractivity contribution in [2.24, 2.45) is 17.6 Å². The summed E-state index contributed by atoms with van der Waals surface area (Å²) in [7, 11) is 0. The number of primary amides is 1. The maximum absolute atomic E-state index is 12.6. The summed E-state index contributed by atoms with van der Waals surface area (Å²) in [5.41, 5.74) is 6.35. The molecule has 3 rings (SSSR count). The van der Waals surface area contributed by atoms with Crippen molar-refractivity contribution in [3.8, 4) is 0 Å². The Morgan fingerprint density at radius 2 is 2.05 bits per heavy atom. The summed E-state index contributed by atoms with van der Waals surface area (Å²) in [6.07, 6.45) is 2.41. The van der Waals surface area contributed by atoms with E-state index < -0.39 is 0 Å². The van der Waals surface area contributed by atoms with E-state index in [1.54, 1.807) is 17.0 Å². The third-order valence-electron chi connectivity index (χ3n) is 4.61. The van der Waals surface area contributed by atoms with E-state index in [1.165, 1.54) is 0 Å². The second-order valence-electron chi connectivity index (χ2n) is 6.14.